The van der Waals surface area contributed by atoms with Crippen LogP contribution in [0.3, 0.4) is 0 Å². The van der Waals surface area contributed by atoms with Gasteiger partial charge < -0.3 is 19.1 Å². The van der Waals surface area contributed by atoms with Crippen molar-refractivity contribution in [3.8, 4) is 22.6 Å². The molecule has 1 aliphatic rings. The quantitative estimate of drug-likeness (QED) is 0.406. The monoisotopic (exact) mass is 494 g/mol. The second-order valence-electron chi connectivity index (χ2n) is 8.70. The molecular formula is C27H28NO6S-. The minimum Gasteiger partial charge on any atom is -0.755 e. The van der Waals surface area contributed by atoms with Crippen molar-refractivity contribution in [2.75, 3.05) is 10.9 Å². The highest BCUT2D eigenvalue weighted by Gasteiger charge is 2.29. The molecular weight excluding hydrogens is 466 g/mol. The Morgan fingerprint density at radius 1 is 1.11 bits per heavy atom. The average Bonchev–Trinajstić information content (AvgIpc) is 2.83. The first kappa shape index (κ1) is 24.8. The maximum absolute atomic E-state index is 12.4. The summed E-state index contributed by atoms with van der Waals surface area (Å²) in [6, 6.07) is 20.2. The van der Waals surface area contributed by atoms with Gasteiger partial charge in [-0.1, -0.05) is 36.4 Å². The molecule has 2 atom stereocenters. The predicted octanol–water partition coefficient (Wildman–Crippen LogP) is 5.28. The van der Waals surface area contributed by atoms with E-state index in [0.29, 0.717) is 24.3 Å². The smallest absolute Gasteiger partial charge is 0.341 e. The van der Waals surface area contributed by atoms with Crippen LogP contribution in [0.4, 0.5) is 5.69 Å². The van der Waals surface area contributed by atoms with Crippen molar-refractivity contribution in [1.29, 1.82) is 0 Å². The molecule has 35 heavy (non-hydrogen) atoms. The highest BCUT2D eigenvalue weighted by Crippen LogP contribution is 2.41. The van der Waals surface area contributed by atoms with Gasteiger partial charge in [-0.25, -0.2) is 4.79 Å². The summed E-state index contributed by atoms with van der Waals surface area (Å²) in [6.07, 6.45) is 2.19. The first-order chi connectivity index (χ1) is 16.8. The van der Waals surface area contributed by atoms with Crippen LogP contribution < -0.4 is 13.8 Å². The van der Waals surface area contributed by atoms with Crippen LogP contribution in [-0.2, 0) is 22.5 Å². The first-order valence-electron chi connectivity index (χ1n) is 11.6. The molecule has 8 heteroatoms. The van der Waals surface area contributed by atoms with Crippen molar-refractivity contribution in [2.24, 2.45) is 0 Å². The molecule has 0 spiro atoms. The van der Waals surface area contributed by atoms with E-state index in [9.17, 15) is 13.6 Å². The lowest BCUT2D eigenvalue weighted by atomic mass is 9.87. The van der Waals surface area contributed by atoms with Crippen LogP contribution in [0.25, 0.3) is 11.1 Å². The zero-order valence-corrected chi connectivity index (χ0v) is 20.5. The molecule has 0 bridgehead atoms. The SMILES string of the molecule is CC(C)Oc1cccc(-c2ccc(N(C3CCCc4c(OCC(=O)O)cccc43)S(=O)[O-])cc2)c1. The van der Waals surface area contributed by atoms with E-state index >= 15 is 0 Å². The lowest BCUT2D eigenvalue weighted by molar-refractivity contribution is -0.139. The van der Waals surface area contributed by atoms with Gasteiger partial charge in [0, 0.05) is 17.0 Å². The molecule has 4 rings (SSSR count). The summed E-state index contributed by atoms with van der Waals surface area (Å²) in [5.74, 6) is 0.215. The summed E-state index contributed by atoms with van der Waals surface area (Å²) < 4.78 is 37.5. The molecule has 2 unspecified atom stereocenters. The average molecular weight is 495 g/mol. The molecule has 0 amide bonds. The number of benzene rings is 3. The van der Waals surface area contributed by atoms with Crippen LogP contribution in [0.2, 0.25) is 0 Å². The minimum absolute atomic E-state index is 0.0710. The lowest BCUT2D eigenvalue weighted by Gasteiger charge is -2.38. The van der Waals surface area contributed by atoms with E-state index in [-0.39, 0.29) is 6.10 Å². The Balaban J connectivity index is 1.63. The van der Waals surface area contributed by atoms with Crippen molar-refractivity contribution in [2.45, 2.75) is 45.3 Å². The third-order valence-corrected chi connectivity index (χ3v) is 6.67. The predicted molar refractivity (Wildman–Crippen MR) is 134 cm³/mol. The number of nitrogens with zero attached hydrogens (tertiary/aromatic N) is 1. The van der Waals surface area contributed by atoms with Gasteiger partial charge in [0.15, 0.2) is 6.61 Å². The van der Waals surface area contributed by atoms with Gasteiger partial charge >= 0.3 is 5.97 Å². The molecule has 3 aromatic carbocycles. The molecule has 0 radical (unpaired) electrons. The fourth-order valence-electron chi connectivity index (χ4n) is 4.50. The highest BCUT2D eigenvalue weighted by molar-refractivity contribution is 7.80. The Bertz CT molecular complexity index is 1210. The molecule has 0 heterocycles. The molecule has 0 saturated carbocycles. The van der Waals surface area contributed by atoms with Gasteiger partial charge in [0.05, 0.1) is 12.1 Å². The zero-order valence-electron chi connectivity index (χ0n) is 19.7. The van der Waals surface area contributed by atoms with Gasteiger partial charge in [0.25, 0.3) is 0 Å². The van der Waals surface area contributed by atoms with Crippen LogP contribution in [-0.4, -0.2) is 32.5 Å². The van der Waals surface area contributed by atoms with E-state index in [0.717, 1.165) is 34.4 Å². The maximum atomic E-state index is 12.4. The van der Waals surface area contributed by atoms with Crippen molar-refractivity contribution < 1.29 is 28.1 Å². The van der Waals surface area contributed by atoms with Gasteiger partial charge in [-0.15, -0.1) is 0 Å². The van der Waals surface area contributed by atoms with Crippen molar-refractivity contribution >= 4 is 22.9 Å². The Morgan fingerprint density at radius 3 is 2.54 bits per heavy atom. The highest BCUT2D eigenvalue weighted by atomic mass is 32.2. The third-order valence-electron chi connectivity index (χ3n) is 5.89. The fourth-order valence-corrected chi connectivity index (χ4v) is 5.22. The number of carbonyl (C=O) groups is 1. The van der Waals surface area contributed by atoms with Crippen LogP contribution in [0.15, 0.2) is 66.7 Å². The van der Waals surface area contributed by atoms with Gasteiger partial charge in [-0.2, -0.15) is 0 Å². The van der Waals surface area contributed by atoms with Crippen LogP contribution >= 0.6 is 0 Å². The van der Waals surface area contributed by atoms with Gasteiger partial charge in [0.1, 0.15) is 11.5 Å². The fraction of sp³-hybridized carbons (Fsp3) is 0.296. The third kappa shape index (κ3) is 5.83. The van der Waals surface area contributed by atoms with Crippen LogP contribution in [0.5, 0.6) is 11.5 Å². The Hall–Kier alpha value is -3.36. The largest absolute Gasteiger partial charge is 0.755 e. The van der Waals surface area contributed by atoms with E-state index in [4.69, 9.17) is 14.6 Å². The molecule has 0 fully saturated rings. The first-order valence-corrected chi connectivity index (χ1v) is 12.6. The molecule has 184 valence electrons. The summed E-state index contributed by atoms with van der Waals surface area (Å²) in [4.78, 5) is 11.0. The van der Waals surface area contributed by atoms with Gasteiger partial charge in [-0.3, -0.25) is 8.51 Å². The summed E-state index contributed by atoms with van der Waals surface area (Å²) in [5, 5.41) is 8.98. The molecule has 3 aromatic rings. The molecule has 1 N–H and O–H groups in total. The molecule has 0 aromatic heterocycles. The topological polar surface area (TPSA) is 99.1 Å². The minimum atomic E-state index is -2.51. The zero-order chi connectivity index (χ0) is 24.9. The number of carboxylic acid groups (broad SMARTS) is 1. The number of carboxylic acids is 1. The number of fused-ring (bicyclic) bond motifs is 1. The second kappa shape index (κ2) is 10.9. The number of hydrogen-bond acceptors (Lipinski definition) is 5. The Labute approximate surface area is 207 Å². The molecule has 0 saturated heterocycles. The van der Waals surface area contributed by atoms with Crippen LogP contribution in [0, 0.1) is 0 Å². The van der Waals surface area contributed by atoms with E-state index in [1.165, 1.54) is 4.31 Å². The molecule has 7 nitrogen and oxygen atoms in total. The summed E-state index contributed by atoms with van der Waals surface area (Å²) in [6.45, 7) is 3.51. The lowest BCUT2D eigenvalue weighted by Crippen LogP contribution is -2.33. The standard InChI is InChI=1S/C27H29NO6S/c1-18(2)34-22-7-3-6-20(16-22)19-12-14-21(15-13-19)28(35(31)32)25-10-4-9-24-23(25)8-5-11-26(24)33-17-27(29)30/h3,5-8,11-16,18,25H,4,9-10,17H2,1-2H3,(H,29,30)(H,31,32)/p-1. The second-order valence-corrected chi connectivity index (χ2v) is 9.53. The normalized spacial score (nSPS) is 15.8. The molecule has 0 aliphatic heterocycles. The maximum Gasteiger partial charge on any atom is 0.341 e. The van der Waals surface area contributed by atoms with Gasteiger partial charge in [-0.05, 0) is 85.7 Å². The van der Waals surface area contributed by atoms with E-state index in [2.05, 4.69) is 0 Å². The van der Waals surface area contributed by atoms with Crippen molar-refractivity contribution in [3.05, 3.63) is 77.9 Å². The Morgan fingerprint density at radius 2 is 1.86 bits per heavy atom. The van der Waals surface area contributed by atoms with Crippen LogP contribution in [0.1, 0.15) is 43.9 Å². The van der Waals surface area contributed by atoms with Crippen molar-refractivity contribution in [3.63, 3.8) is 0 Å². The number of aliphatic carboxylic acids is 1. The van der Waals surface area contributed by atoms with E-state index < -0.39 is 29.9 Å². The number of ether oxygens (including phenoxy) is 2. The Kier molecular flexibility index (Phi) is 7.73. The van der Waals surface area contributed by atoms with E-state index in [1.54, 1.807) is 24.3 Å². The summed E-state index contributed by atoms with van der Waals surface area (Å²) in [7, 11) is 0. The summed E-state index contributed by atoms with van der Waals surface area (Å²) >= 11 is -2.51. The van der Waals surface area contributed by atoms with Crippen molar-refractivity contribution in [1.82, 2.24) is 0 Å². The van der Waals surface area contributed by atoms with Gasteiger partial charge in [0.2, 0.25) is 0 Å². The number of hydrogen-bond donors (Lipinski definition) is 1. The molecule has 1 aliphatic carbocycles. The number of anilines is 1. The summed E-state index contributed by atoms with van der Waals surface area (Å²) in [5.41, 5.74) is 4.19. The number of rotatable bonds is 9. The van der Waals surface area contributed by atoms with E-state index in [1.807, 2.05) is 56.3 Å².